The van der Waals surface area contributed by atoms with Gasteiger partial charge in [0.2, 0.25) is 0 Å². The number of aliphatic hydroxyl groups excluding tert-OH is 2. The van der Waals surface area contributed by atoms with E-state index in [1.165, 1.54) is 0 Å². The van der Waals surface area contributed by atoms with Gasteiger partial charge < -0.3 is 20.1 Å². The Kier molecular flexibility index (Phi) is 3.88. The van der Waals surface area contributed by atoms with Gasteiger partial charge in [0.25, 0.3) is 0 Å². The van der Waals surface area contributed by atoms with Gasteiger partial charge in [-0.05, 0) is 0 Å². The van der Waals surface area contributed by atoms with Gasteiger partial charge in [-0.25, -0.2) is 4.98 Å². The van der Waals surface area contributed by atoms with E-state index >= 15 is 0 Å². The van der Waals surface area contributed by atoms with E-state index in [4.69, 9.17) is 10.2 Å². The van der Waals surface area contributed by atoms with Crippen LogP contribution in [0, 0.1) is 0 Å². The van der Waals surface area contributed by atoms with E-state index in [-0.39, 0.29) is 6.61 Å². The summed E-state index contributed by atoms with van der Waals surface area (Å²) in [7, 11) is 1.91. The normalized spacial score (nSPS) is 13.2. The van der Waals surface area contributed by atoms with Crippen LogP contribution < -0.4 is 5.32 Å². The van der Waals surface area contributed by atoms with Crippen LogP contribution in [0.5, 0.6) is 0 Å². The zero-order valence-corrected chi connectivity index (χ0v) is 7.64. The number of aliphatic hydroxyl groups is 2. The molecule has 0 radical (unpaired) electrons. The molecule has 1 heterocycles. The van der Waals surface area contributed by atoms with E-state index in [0.717, 1.165) is 5.82 Å². The summed E-state index contributed by atoms with van der Waals surface area (Å²) in [6.45, 7) is 0.761. The number of nitrogens with one attached hydrogen (secondary N) is 1. The highest BCUT2D eigenvalue weighted by Crippen LogP contribution is 1.92. The first kappa shape index (κ1) is 10.2. The molecule has 1 rings (SSSR count). The number of nitrogens with zero attached hydrogens (tertiary/aromatic N) is 2. The minimum Gasteiger partial charge on any atom is -0.394 e. The minimum absolute atomic E-state index is 0.215. The van der Waals surface area contributed by atoms with Crippen molar-refractivity contribution in [1.82, 2.24) is 14.9 Å². The molecule has 0 aromatic carbocycles. The standard InChI is InChI=1S/C8H15N3O2/c1-11-3-2-10-8(11)5-9-4-7(13)6-12/h2-3,7,9,12-13H,4-6H2,1H3. The SMILES string of the molecule is Cn1ccnc1CNCC(O)CO. The van der Waals surface area contributed by atoms with Crippen LogP contribution in [-0.2, 0) is 13.6 Å². The summed E-state index contributed by atoms with van der Waals surface area (Å²) in [5.74, 6) is 0.908. The molecule has 1 aromatic heterocycles. The molecule has 0 aliphatic heterocycles. The molecule has 0 aliphatic carbocycles. The molecule has 74 valence electrons. The van der Waals surface area contributed by atoms with Crippen molar-refractivity contribution in [3.05, 3.63) is 18.2 Å². The molecule has 0 aliphatic rings. The second-order valence-corrected chi connectivity index (χ2v) is 2.92. The van der Waals surface area contributed by atoms with Gasteiger partial charge in [-0.1, -0.05) is 0 Å². The number of aryl methyl sites for hydroxylation is 1. The van der Waals surface area contributed by atoms with Crippen molar-refractivity contribution in [2.45, 2.75) is 12.6 Å². The van der Waals surface area contributed by atoms with E-state index in [9.17, 15) is 0 Å². The van der Waals surface area contributed by atoms with Crippen LogP contribution in [0.15, 0.2) is 12.4 Å². The molecule has 13 heavy (non-hydrogen) atoms. The lowest BCUT2D eigenvalue weighted by atomic mass is 10.4. The average Bonchev–Trinajstić information content (AvgIpc) is 2.52. The Morgan fingerprint density at radius 2 is 2.46 bits per heavy atom. The van der Waals surface area contributed by atoms with Crippen LogP contribution in [-0.4, -0.2) is 39.0 Å². The molecule has 1 atom stereocenters. The predicted molar refractivity (Wildman–Crippen MR) is 48.0 cm³/mol. The van der Waals surface area contributed by atoms with Gasteiger partial charge in [-0.15, -0.1) is 0 Å². The topological polar surface area (TPSA) is 70.3 Å². The molecule has 0 amide bonds. The molecular formula is C8H15N3O2. The van der Waals surface area contributed by atoms with E-state index in [1.54, 1.807) is 6.20 Å². The van der Waals surface area contributed by atoms with Crippen molar-refractivity contribution in [2.75, 3.05) is 13.2 Å². The van der Waals surface area contributed by atoms with Crippen LogP contribution in [0.4, 0.5) is 0 Å². The molecular weight excluding hydrogens is 170 g/mol. The largest absolute Gasteiger partial charge is 0.394 e. The fraction of sp³-hybridized carbons (Fsp3) is 0.625. The first-order chi connectivity index (χ1) is 6.24. The fourth-order valence-electron chi connectivity index (χ4n) is 0.982. The highest BCUT2D eigenvalue weighted by molar-refractivity contribution is 4.90. The molecule has 0 spiro atoms. The van der Waals surface area contributed by atoms with Gasteiger partial charge >= 0.3 is 0 Å². The first-order valence-electron chi connectivity index (χ1n) is 4.20. The average molecular weight is 185 g/mol. The Morgan fingerprint density at radius 1 is 1.69 bits per heavy atom. The maximum atomic E-state index is 9.02. The molecule has 0 saturated heterocycles. The number of imidazole rings is 1. The molecule has 5 heteroatoms. The van der Waals surface area contributed by atoms with Crippen molar-refractivity contribution in [2.24, 2.45) is 7.05 Å². The van der Waals surface area contributed by atoms with Crippen molar-refractivity contribution in [3.63, 3.8) is 0 Å². The molecule has 1 unspecified atom stereocenters. The van der Waals surface area contributed by atoms with Crippen LogP contribution in [0.25, 0.3) is 0 Å². The quantitative estimate of drug-likeness (QED) is 0.542. The minimum atomic E-state index is -0.694. The Balaban J connectivity index is 2.24. The highest BCUT2D eigenvalue weighted by Gasteiger charge is 2.02. The molecule has 0 fully saturated rings. The molecule has 0 saturated carbocycles. The summed E-state index contributed by atoms with van der Waals surface area (Å²) in [5, 5.41) is 20.5. The summed E-state index contributed by atoms with van der Waals surface area (Å²) >= 11 is 0. The van der Waals surface area contributed by atoms with Crippen LogP contribution in [0.3, 0.4) is 0 Å². The third kappa shape index (κ3) is 3.14. The Labute approximate surface area is 77.0 Å². The Hall–Kier alpha value is -0.910. The monoisotopic (exact) mass is 185 g/mol. The van der Waals surface area contributed by atoms with Crippen molar-refractivity contribution >= 4 is 0 Å². The van der Waals surface area contributed by atoms with Crippen molar-refractivity contribution in [3.8, 4) is 0 Å². The second-order valence-electron chi connectivity index (χ2n) is 2.92. The van der Waals surface area contributed by atoms with Crippen LogP contribution in [0.1, 0.15) is 5.82 Å². The Morgan fingerprint density at radius 3 is 3.00 bits per heavy atom. The zero-order chi connectivity index (χ0) is 9.68. The summed E-state index contributed by atoms with van der Waals surface area (Å²) in [4.78, 5) is 4.09. The molecule has 5 nitrogen and oxygen atoms in total. The van der Waals surface area contributed by atoms with Crippen LogP contribution in [0.2, 0.25) is 0 Å². The lowest BCUT2D eigenvalue weighted by Crippen LogP contribution is -2.29. The maximum absolute atomic E-state index is 9.02. The Bertz CT molecular complexity index is 249. The lowest BCUT2D eigenvalue weighted by Gasteiger charge is -2.08. The maximum Gasteiger partial charge on any atom is 0.122 e. The van der Waals surface area contributed by atoms with Crippen molar-refractivity contribution in [1.29, 1.82) is 0 Å². The van der Waals surface area contributed by atoms with Gasteiger partial charge in [-0.2, -0.15) is 0 Å². The van der Waals surface area contributed by atoms with Gasteiger partial charge in [0, 0.05) is 26.0 Å². The summed E-state index contributed by atoms with van der Waals surface area (Å²) < 4.78 is 1.90. The van der Waals surface area contributed by atoms with Gasteiger partial charge in [0.15, 0.2) is 0 Å². The fourth-order valence-corrected chi connectivity index (χ4v) is 0.982. The highest BCUT2D eigenvalue weighted by atomic mass is 16.3. The van der Waals surface area contributed by atoms with Gasteiger partial charge in [0.1, 0.15) is 5.82 Å². The smallest absolute Gasteiger partial charge is 0.122 e. The van der Waals surface area contributed by atoms with Crippen LogP contribution >= 0.6 is 0 Å². The summed E-state index contributed by atoms with van der Waals surface area (Å²) in [6, 6.07) is 0. The summed E-state index contributed by atoms with van der Waals surface area (Å²) in [5.41, 5.74) is 0. The molecule has 1 aromatic rings. The number of hydrogen-bond donors (Lipinski definition) is 3. The first-order valence-corrected chi connectivity index (χ1v) is 4.20. The number of aromatic nitrogens is 2. The van der Waals surface area contributed by atoms with E-state index < -0.39 is 6.10 Å². The molecule has 0 bridgehead atoms. The zero-order valence-electron chi connectivity index (χ0n) is 7.64. The molecule has 3 N–H and O–H groups in total. The predicted octanol–water partition coefficient (Wildman–Crippen LogP) is -1.14. The third-order valence-electron chi connectivity index (χ3n) is 1.79. The van der Waals surface area contributed by atoms with Gasteiger partial charge in [-0.3, -0.25) is 0 Å². The van der Waals surface area contributed by atoms with E-state index in [1.807, 2.05) is 17.8 Å². The van der Waals surface area contributed by atoms with E-state index in [0.29, 0.717) is 13.1 Å². The number of rotatable bonds is 5. The number of hydrogen-bond acceptors (Lipinski definition) is 4. The van der Waals surface area contributed by atoms with Gasteiger partial charge in [0.05, 0.1) is 19.3 Å². The summed E-state index contributed by atoms with van der Waals surface area (Å²) in [6.07, 6.45) is 2.89. The van der Waals surface area contributed by atoms with E-state index in [2.05, 4.69) is 10.3 Å². The third-order valence-corrected chi connectivity index (χ3v) is 1.79. The second kappa shape index (κ2) is 4.96. The lowest BCUT2D eigenvalue weighted by molar-refractivity contribution is 0.0940. The van der Waals surface area contributed by atoms with Crippen molar-refractivity contribution < 1.29 is 10.2 Å².